The molecule has 1 unspecified atom stereocenters. The molecule has 0 aromatic heterocycles. The summed E-state index contributed by atoms with van der Waals surface area (Å²) in [4.78, 5) is 4.98. The fraction of sp³-hybridized carbons (Fsp3) is 0.680. The van der Waals surface area contributed by atoms with Crippen LogP contribution in [0.4, 0.5) is 5.69 Å². The minimum atomic E-state index is 0.454. The highest BCUT2D eigenvalue weighted by molar-refractivity contribution is 5.51. The molecule has 1 aliphatic heterocycles. The molecule has 2 nitrogen and oxygen atoms in total. The maximum Gasteiger partial charge on any atom is 0.108 e. The quantitative estimate of drug-likeness (QED) is 0.311. The van der Waals surface area contributed by atoms with E-state index >= 15 is 0 Å². The summed E-state index contributed by atoms with van der Waals surface area (Å²) in [5.41, 5.74) is 1.30. The molecular weight excluding hydrogens is 328 g/mol. The molecule has 0 radical (unpaired) electrons. The van der Waals surface area contributed by atoms with E-state index in [2.05, 4.69) is 73.3 Å². The third-order valence-electron chi connectivity index (χ3n) is 5.71. The molecule has 1 aromatic carbocycles. The van der Waals surface area contributed by atoms with Gasteiger partial charge >= 0.3 is 0 Å². The number of unbranched alkanes of at least 4 members (excludes halogenated alkanes) is 10. The molecule has 0 spiro atoms. The standard InChI is InChI=1S/C25H42N2/c1-4-5-6-7-8-9-10-11-12-13-17-20-26-21-22-27(25(26)23(2)3)24-18-15-14-16-19-24/h14-16,18-19,21-23,25H,4-13,17,20H2,1-3H3. The van der Waals surface area contributed by atoms with E-state index in [4.69, 9.17) is 0 Å². The van der Waals surface area contributed by atoms with E-state index in [1.54, 1.807) is 0 Å². The van der Waals surface area contributed by atoms with Crippen LogP contribution in [0.15, 0.2) is 42.7 Å². The number of benzene rings is 1. The second-order valence-corrected chi connectivity index (χ2v) is 8.47. The third-order valence-corrected chi connectivity index (χ3v) is 5.71. The Morgan fingerprint density at radius 1 is 0.741 bits per heavy atom. The zero-order valence-corrected chi connectivity index (χ0v) is 18.1. The second-order valence-electron chi connectivity index (χ2n) is 8.47. The summed E-state index contributed by atoms with van der Waals surface area (Å²) in [6.07, 6.45) is 20.5. The average Bonchev–Trinajstić information content (AvgIpc) is 3.11. The number of rotatable bonds is 14. The van der Waals surface area contributed by atoms with Gasteiger partial charge in [-0.2, -0.15) is 0 Å². The van der Waals surface area contributed by atoms with E-state index in [1.165, 1.54) is 82.9 Å². The molecule has 0 aliphatic carbocycles. The van der Waals surface area contributed by atoms with Crippen molar-refractivity contribution < 1.29 is 0 Å². The molecule has 1 heterocycles. The minimum absolute atomic E-state index is 0.454. The SMILES string of the molecule is CCCCCCCCCCCCCN1C=CN(c2ccccc2)C1C(C)C. The van der Waals surface area contributed by atoms with Crippen molar-refractivity contribution in [3.05, 3.63) is 42.7 Å². The fourth-order valence-electron chi connectivity index (χ4n) is 4.20. The van der Waals surface area contributed by atoms with Crippen LogP contribution >= 0.6 is 0 Å². The zero-order chi connectivity index (χ0) is 19.3. The van der Waals surface area contributed by atoms with Crippen LogP contribution in [-0.4, -0.2) is 17.6 Å². The summed E-state index contributed by atoms with van der Waals surface area (Å²) in [6.45, 7) is 8.14. The Hall–Kier alpha value is -1.44. The van der Waals surface area contributed by atoms with E-state index in [9.17, 15) is 0 Å². The van der Waals surface area contributed by atoms with Crippen molar-refractivity contribution in [3.63, 3.8) is 0 Å². The van der Waals surface area contributed by atoms with Crippen LogP contribution in [0.3, 0.4) is 0 Å². The van der Waals surface area contributed by atoms with Gasteiger partial charge in [-0.15, -0.1) is 0 Å². The molecular formula is C25H42N2. The van der Waals surface area contributed by atoms with Gasteiger partial charge in [0.15, 0.2) is 0 Å². The van der Waals surface area contributed by atoms with Crippen molar-refractivity contribution in [1.82, 2.24) is 4.90 Å². The summed E-state index contributed by atoms with van der Waals surface area (Å²) in [6, 6.07) is 10.8. The molecule has 1 aliphatic rings. The van der Waals surface area contributed by atoms with Crippen LogP contribution in [0.25, 0.3) is 0 Å². The van der Waals surface area contributed by atoms with E-state index in [-0.39, 0.29) is 0 Å². The third kappa shape index (κ3) is 7.60. The molecule has 0 saturated heterocycles. The van der Waals surface area contributed by atoms with E-state index in [0.29, 0.717) is 12.1 Å². The molecule has 0 saturated carbocycles. The zero-order valence-electron chi connectivity index (χ0n) is 18.1. The van der Waals surface area contributed by atoms with E-state index in [1.807, 2.05) is 0 Å². The summed E-state index contributed by atoms with van der Waals surface area (Å²) in [5.74, 6) is 0.605. The first-order chi connectivity index (χ1) is 13.2. The molecule has 152 valence electrons. The Morgan fingerprint density at radius 2 is 1.30 bits per heavy atom. The maximum atomic E-state index is 2.55. The minimum Gasteiger partial charge on any atom is -0.355 e. The van der Waals surface area contributed by atoms with Crippen LogP contribution < -0.4 is 4.90 Å². The second kappa shape index (κ2) is 12.9. The van der Waals surface area contributed by atoms with Crippen molar-refractivity contribution in [1.29, 1.82) is 0 Å². The largest absolute Gasteiger partial charge is 0.355 e. The summed E-state index contributed by atoms with van der Waals surface area (Å²) < 4.78 is 0. The van der Waals surface area contributed by atoms with Crippen molar-refractivity contribution in [2.45, 2.75) is 97.6 Å². The topological polar surface area (TPSA) is 6.48 Å². The first-order valence-electron chi connectivity index (χ1n) is 11.5. The van der Waals surface area contributed by atoms with Gasteiger partial charge in [0.2, 0.25) is 0 Å². The molecule has 1 aromatic rings. The van der Waals surface area contributed by atoms with Gasteiger partial charge in [0.05, 0.1) is 0 Å². The molecule has 2 heteroatoms. The number of anilines is 1. The molecule has 0 amide bonds. The smallest absolute Gasteiger partial charge is 0.108 e. The van der Waals surface area contributed by atoms with Crippen LogP contribution in [0.1, 0.15) is 91.4 Å². The van der Waals surface area contributed by atoms with Gasteiger partial charge < -0.3 is 9.80 Å². The lowest BCUT2D eigenvalue weighted by Gasteiger charge is -2.35. The van der Waals surface area contributed by atoms with Gasteiger partial charge in [-0.1, -0.05) is 103 Å². The van der Waals surface area contributed by atoms with Crippen LogP contribution in [0, 0.1) is 5.92 Å². The number of hydrogen-bond acceptors (Lipinski definition) is 2. The van der Waals surface area contributed by atoms with Gasteiger partial charge in [0.1, 0.15) is 6.17 Å². The van der Waals surface area contributed by atoms with Crippen molar-refractivity contribution in [2.24, 2.45) is 5.92 Å². The molecule has 0 N–H and O–H groups in total. The summed E-state index contributed by atoms with van der Waals surface area (Å²) in [5, 5.41) is 0. The van der Waals surface area contributed by atoms with Gasteiger partial charge in [0, 0.05) is 24.6 Å². The first kappa shape index (κ1) is 21.9. The molecule has 0 bridgehead atoms. The highest BCUT2D eigenvalue weighted by atomic mass is 15.4. The lowest BCUT2D eigenvalue weighted by Crippen LogP contribution is -2.43. The Morgan fingerprint density at radius 3 is 1.85 bits per heavy atom. The van der Waals surface area contributed by atoms with Crippen molar-refractivity contribution in [3.8, 4) is 0 Å². The molecule has 1 atom stereocenters. The van der Waals surface area contributed by atoms with Crippen molar-refractivity contribution in [2.75, 3.05) is 11.4 Å². The molecule has 2 rings (SSSR count). The Balaban J connectivity index is 1.60. The summed E-state index contributed by atoms with van der Waals surface area (Å²) >= 11 is 0. The van der Waals surface area contributed by atoms with Gasteiger partial charge in [-0.05, 0) is 24.5 Å². The lowest BCUT2D eigenvalue weighted by atomic mass is 10.1. The maximum absolute atomic E-state index is 2.55. The van der Waals surface area contributed by atoms with Crippen LogP contribution in [0.2, 0.25) is 0 Å². The van der Waals surface area contributed by atoms with Crippen LogP contribution in [0.5, 0.6) is 0 Å². The number of nitrogens with zero attached hydrogens (tertiary/aromatic N) is 2. The number of hydrogen-bond donors (Lipinski definition) is 0. The molecule has 0 fully saturated rings. The Labute approximate surface area is 168 Å². The van der Waals surface area contributed by atoms with Gasteiger partial charge in [0.25, 0.3) is 0 Å². The Bertz CT molecular complexity index is 508. The van der Waals surface area contributed by atoms with Gasteiger partial charge in [-0.3, -0.25) is 0 Å². The van der Waals surface area contributed by atoms with Crippen molar-refractivity contribution >= 4 is 5.69 Å². The van der Waals surface area contributed by atoms with Crippen LogP contribution in [-0.2, 0) is 0 Å². The van der Waals surface area contributed by atoms with Gasteiger partial charge in [-0.25, -0.2) is 0 Å². The lowest BCUT2D eigenvalue weighted by molar-refractivity contribution is 0.237. The highest BCUT2D eigenvalue weighted by Crippen LogP contribution is 2.29. The highest BCUT2D eigenvalue weighted by Gasteiger charge is 2.29. The van der Waals surface area contributed by atoms with E-state index < -0.39 is 0 Å². The molecule has 27 heavy (non-hydrogen) atoms. The summed E-state index contributed by atoms with van der Waals surface area (Å²) in [7, 11) is 0. The Kier molecular flexibility index (Phi) is 10.4. The van der Waals surface area contributed by atoms with E-state index in [0.717, 1.165) is 0 Å². The normalized spacial score (nSPS) is 16.7. The number of para-hydroxylation sites is 1. The first-order valence-corrected chi connectivity index (χ1v) is 11.5. The average molecular weight is 371 g/mol. The predicted molar refractivity (Wildman–Crippen MR) is 120 cm³/mol. The monoisotopic (exact) mass is 370 g/mol. The fourth-order valence-corrected chi connectivity index (χ4v) is 4.20. The predicted octanol–water partition coefficient (Wildman–Crippen LogP) is 7.57.